The van der Waals surface area contributed by atoms with Crippen molar-refractivity contribution in [3.63, 3.8) is 0 Å². The zero-order valence-corrected chi connectivity index (χ0v) is 12.9. The van der Waals surface area contributed by atoms with E-state index in [1.54, 1.807) is 0 Å². The number of halogens is 1. The van der Waals surface area contributed by atoms with Crippen molar-refractivity contribution in [1.82, 2.24) is 9.97 Å². The molecule has 2 heterocycles. The van der Waals surface area contributed by atoms with Gasteiger partial charge in [-0.2, -0.15) is 0 Å². The van der Waals surface area contributed by atoms with Crippen LogP contribution in [0.4, 0.5) is 5.82 Å². The molecule has 1 saturated carbocycles. The maximum atomic E-state index is 5.43. The van der Waals surface area contributed by atoms with Gasteiger partial charge < -0.3 is 10.1 Å². The lowest BCUT2D eigenvalue weighted by molar-refractivity contribution is 0.0835. The summed E-state index contributed by atoms with van der Waals surface area (Å²) in [6.07, 6.45) is 4.59. The largest absolute Gasteiger partial charge is 0.381 e. The Bertz CT molecular complexity index is 456. The van der Waals surface area contributed by atoms with Crippen molar-refractivity contribution in [3.8, 4) is 0 Å². The van der Waals surface area contributed by atoms with Gasteiger partial charge in [-0.05, 0) is 48.5 Å². The Balaban J connectivity index is 1.93. The van der Waals surface area contributed by atoms with Gasteiger partial charge in [0.1, 0.15) is 11.6 Å². The Kier molecular flexibility index (Phi) is 4.03. The molecule has 4 nitrogen and oxygen atoms in total. The van der Waals surface area contributed by atoms with Gasteiger partial charge in [-0.3, -0.25) is 0 Å². The molecule has 1 aliphatic carbocycles. The number of rotatable bonds is 4. The minimum Gasteiger partial charge on any atom is -0.381 e. The van der Waals surface area contributed by atoms with E-state index in [1.807, 2.05) is 0 Å². The van der Waals surface area contributed by atoms with Crippen LogP contribution in [0.15, 0.2) is 4.47 Å². The highest BCUT2D eigenvalue weighted by Crippen LogP contribution is 2.44. The van der Waals surface area contributed by atoms with Gasteiger partial charge in [-0.1, -0.05) is 0 Å². The molecule has 0 unspecified atom stereocenters. The van der Waals surface area contributed by atoms with Gasteiger partial charge in [-0.25, -0.2) is 9.97 Å². The molecule has 2 aliphatic rings. The van der Waals surface area contributed by atoms with Crippen LogP contribution in [-0.4, -0.2) is 29.7 Å². The average Bonchev–Trinajstić information content (AvgIpc) is 3.27. The van der Waals surface area contributed by atoms with E-state index in [0.717, 1.165) is 48.7 Å². The fourth-order valence-corrected chi connectivity index (χ4v) is 3.17. The Morgan fingerprint density at radius 2 is 1.89 bits per heavy atom. The number of hydrogen-bond acceptors (Lipinski definition) is 4. The molecule has 104 valence electrons. The molecule has 1 N–H and O–H groups in total. The van der Waals surface area contributed by atoms with E-state index in [-0.39, 0.29) is 0 Å². The maximum absolute atomic E-state index is 5.43. The van der Waals surface area contributed by atoms with E-state index in [2.05, 4.69) is 28.2 Å². The molecule has 19 heavy (non-hydrogen) atoms. The first-order chi connectivity index (χ1) is 9.29. The third-order valence-electron chi connectivity index (χ3n) is 3.79. The van der Waals surface area contributed by atoms with E-state index < -0.39 is 0 Å². The van der Waals surface area contributed by atoms with Crippen LogP contribution in [0.3, 0.4) is 0 Å². The molecular formula is C14H20BrN3O. The zero-order chi connectivity index (χ0) is 13.2. The molecule has 0 radical (unpaired) electrons. The van der Waals surface area contributed by atoms with Crippen LogP contribution in [0.1, 0.15) is 56.0 Å². The number of nitrogens with zero attached hydrogens (tertiary/aromatic N) is 2. The third kappa shape index (κ3) is 2.92. The fourth-order valence-electron chi connectivity index (χ4n) is 2.53. The molecule has 0 aromatic carbocycles. The van der Waals surface area contributed by atoms with E-state index >= 15 is 0 Å². The molecule has 0 amide bonds. The summed E-state index contributed by atoms with van der Waals surface area (Å²) in [6, 6.07) is 0. The fraction of sp³-hybridized carbons (Fsp3) is 0.714. The topological polar surface area (TPSA) is 47.0 Å². The second-order valence-corrected chi connectivity index (χ2v) is 6.11. The molecule has 3 rings (SSSR count). The van der Waals surface area contributed by atoms with Gasteiger partial charge in [0, 0.05) is 31.6 Å². The SMILES string of the molecule is CCNc1nc(C2CCOCC2)nc(C2CC2)c1Br. The summed E-state index contributed by atoms with van der Waals surface area (Å²) in [5, 5.41) is 3.35. The third-order valence-corrected chi connectivity index (χ3v) is 4.57. The number of hydrogen-bond donors (Lipinski definition) is 1. The molecule has 2 fully saturated rings. The molecule has 1 aromatic rings. The molecular weight excluding hydrogens is 306 g/mol. The van der Waals surface area contributed by atoms with E-state index in [4.69, 9.17) is 14.7 Å². The molecule has 1 aliphatic heterocycles. The number of aromatic nitrogens is 2. The summed E-state index contributed by atoms with van der Waals surface area (Å²) in [6.45, 7) is 4.64. The predicted molar refractivity (Wildman–Crippen MR) is 78.7 cm³/mol. The Labute approximate surface area is 122 Å². The maximum Gasteiger partial charge on any atom is 0.144 e. The van der Waals surface area contributed by atoms with E-state index in [9.17, 15) is 0 Å². The molecule has 0 atom stereocenters. The summed E-state index contributed by atoms with van der Waals surface area (Å²) in [7, 11) is 0. The van der Waals surface area contributed by atoms with Crippen LogP contribution in [0, 0.1) is 0 Å². The van der Waals surface area contributed by atoms with Gasteiger partial charge >= 0.3 is 0 Å². The Morgan fingerprint density at radius 1 is 1.16 bits per heavy atom. The molecule has 0 bridgehead atoms. The lowest BCUT2D eigenvalue weighted by Gasteiger charge is -2.22. The monoisotopic (exact) mass is 325 g/mol. The average molecular weight is 326 g/mol. The second-order valence-electron chi connectivity index (χ2n) is 5.32. The van der Waals surface area contributed by atoms with Crippen LogP contribution in [0.2, 0.25) is 0 Å². The molecule has 0 spiro atoms. The standard InChI is InChI=1S/C14H20BrN3O/c1-2-16-14-11(15)12(9-3-4-9)17-13(18-14)10-5-7-19-8-6-10/h9-10H,2-8H2,1H3,(H,16,17,18). The number of anilines is 1. The highest BCUT2D eigenvalue weighted by atomic mass is 79.9. The summed E-state index contributed by atoms with van der Waals surface area (Å²) in [5.41, 5.74) is 1.20. The van der Waals surface area contributed by atoms with Gasteiger partial charge in [0.05, 0.1) is 10.2 Å². The smallest absolute Gasteiger partial charge is 0.144 e. The van der Waals surface area contributed by atoms with Crippen molar-refractivity contribution in [2.45, 2.75) is 44.4 Å². The van der Waals surface area contributed by atoms with Crippen molar-refractivity contribution in [2.24, 2.45) is 0 Å². The van der Waals surface area contributed by atoms with Gasteiger partial charge in [0.2, 0.25) is 0 Å². The van der Waals surface area contributed by atoms with Crippen molar-refractivity contribution < 1.29 is 4.74 Å². The van der Waals surface area contributed by atoms with Gasteiger partial charge in [0.15, 0.2) is 0 Å². The lowest BCUT2D eigenvalue weighted by atomic mass is 9.99. The minimum absolute atomic E-state index is 0.455. The van der Waals surface area contributed by atoms with Crippen LogP contribution < -0.4 is 5.32 Å². The van der Waals surface area contributed by atoms with Gasteiger partial charge in [-0.15, -0.1) is 0 Å². The molecule has 1 saturated heterocycles. The quantitative estimate of drug-likeness (QED) is 0.921. The Morgan fingerprint density at radius 3 is 2.53 bits per heavy atom. The minimum atomic E-state index is 0.455. The first-order valence-electron chi connectivity index (χ1n) is 7.18. The lowest BCUT2D eigenvalue weighted by Crippen LogP contribution is -2.18. The predicted octanol–water partition coefficient (Wildman–Crippen LogP) is 3.44. The number of nitrogens with one attached hydrogen (secondary N) is 1. The summed E-state index contributed by atoms with van der Waals surface area (Å²) < 4.78 is 6.49. The van der Waals surface area contributed by atoms with Crippen LogP contribution in [-0.2, 0) is 4.74 Å². The second kappa shape index (κ2) is 5.75. The van der Waals surface area contributed by atoms with E-state index in [0.29, 0.717) is 11.8 Å². The van der Waals surface area contributed by atoms with Crippen LogP contribution in [0.25, 0.3) is 0 Å². The zero-order valence-electron chi connectivity index (χ0n) is 11.3. The van der Waals surface area contributed by atoms with Crippen LogP contribution in [0.5, 0.6) is 0 Å². The highest BCUT2D eigenvalue weighted by Gasteiger charge is 2.30. The summed E-state index contributed by atoms with van der Waals surface area (Å²) in [5.74, 6) is 3.05. The highest BCUT2D eigenvalue weighted by molar-refractivity contribution is 9.10. The number of ether oxygens (including phenoxy) is 1. The van der Waals surface area contributed by atoms with Crippen molar-refractivity contribution in [3.05, 3.63) is 16.0 Å². The first kappa shape index (κ1) is 13.3. The molecule has 1 aromatic heterocycles. The summed E-state index contributed by atoms with van der Waals surface area (Å²) >= 11 is 3.67. The van der Waals surface area contributed by atoms with Crippen LogP contribution >= 0.6 is 15.9 Å². The first-order valence-corrected chi connectivity index (χ1v) is 7.97. The Hall–Kier alpha value is -0.680. The van der Waals surface area contributed by atoms with Crippen molar-refractivity contribution in [1.29, 1.82) is 0 Å². The molecule has 5 heteroatoms. The van der Waals surface area contributed by atoms with E-state index in [1.165, 1.54) is 18.5 Å². The van der Waals surface area contributed by atoms with Gasteiger partial charge in [0.25, 0.3) is 0 Å². The van der Waals surface area contributed by atoms with Crippen molar-refractivity contribution in [2.75, 3.05) is 25.1 Å². The summed E-state index contributed by atoms with van der Waals surface area (Å²) in [4.78, 5) is 9.58. The normalized spacial score (nSPS) is 20.5. The van der Waals surface area contributed by atoms with Crippen molar-refractivity contribution >= 4 is 21.7 Å².